The second kappa shape index (κ2) is 5.72. The van der Waals surface area contributed by atoms with Crippen LogP contribution in [0.15, 0.2) is 41.3 Å². The minimum atomic E-state index is -4.46. The van der Waals surface area contributed by atoms with Crippen molar-refractivity contribution in [3.05, 3.63) is 59.2 Å². The molecule has 0 aliphatic heterocycles. The molecule has 5 nitrogen and oxygen atoms in total. The molecule has 0 radical (unpaired) electrons. The van der Waals surface area contributed by atoms with Gasteiger partial charge in [-0.1, -0.05) is 11.6 Å². The number of hydrogen-bond acceptors (Lipinski definition) is 3. The topological polar surface area (TPSA) is 83.5 Å². The number of hydrogen-bond donors (Lipinski definition) is 2. The highest BCUT2D eigenvalue weighted by Crippen LogP contribution is 2.23. The molecule has 0 saturated heterocycles. The lowest BCUT2D eigenvalue weighted by Crippen LogP contribution is -2.17. The van der Waals surface area contributed by atoms with Crippen LogP contribution in [0, 0.1) is 18.6 Å². The van der Waals surface area contributed by atoms with Crippen LogP contribution in [0.3, 0.4) is 0 Å². The molecule has 22 heavy (non-hydrogen) atoms. The highest BCUT2D eigenvalue weighted by molar-refractivity contribution is 7.92. The number of carboxylic acids is 1. The number of sulfonamides is 1. The second-order valence-electron chi connectivity index (χ2n) is 4.53. The fraction of sp³-hybridized carbons (Fsp3) is 0.0714. The predicted octanol–water partition coefficient (Wildman–Crippen LogP) is 2.77. The van der Waals surface area contributed by atoms with Crippen molar-refractivity contribution < 1.29 is 27.1 Å². The van der Waals surface area contributed by atoms with Gasteiger partial charge in [-0.05, 0) is 37.3 Å². The first-order valence-corrected chi connectivity index (χ1v) is 7.51. The maximum Gasteiger partial charge on any atom is 0.337 e. The summed E-state index contributed by atoms with van der Waals surface area (Å²) >= 11 is 0. The van der Waals surface area contributed by atoms with Crippen LogP contribution >= 0.6 is 0 Å². The SMILES string of the molecule is Cc1ccc(NS(=O)(=O)c2cc(F)ccc2F)c(C(=O)O)c1. The molecular formula is C14H11F2NO4S. The van der Waals surface area contributed by atoms with Gasteiger partial charge in [0.2, 0.25) is 0 Å². The summed E-state index contributed by atoms with van der Waals surface area (Å²) in [7, 11) is -4.46. The molecule has 0 aliphatic rings. The zero-order valence-corrected chi connectivity index (χ0v) is 12.1. The smallest absolute Gasteiger partial charge is 0.337 e. The number of benzene rings is 2. The molecule has 0 saturated carbocycles. The predicted molar refractivity (Wildman–Crippen MR) is 75.3 cm³/mol. The lowest BCUT2D eigenvalue weighted by Gasteiger charge is -2.12. The van der Waals surface area contributed by atoms with Gasteiger partial charge in [0, 0.05) is 0 Å². The Bertz CT molecular complexity index is 850. The molecule has 8 heteroatoms. The number of carboxylic acid groups (broad SMARTS) is 1. The number of aryl methyl sites for hydroxylation is 1. The van der Waals surface area contributed by atoms with Crippen LogP contribution < -0.4 is 4.72 Å². The Balaban J connectivity index is 2.50. The standard InChI is InChI=1S/C14H11F2NO4S/c1-8-2-5-12(10(6-8)14(18)19)17-22(20,21)13-7-9(15)3-4-11(13)16/h2-7,17H,1H3,(H,18,19). The van der Waals surface area contributed by atoms with E-state index in [-0.39, 0.29) is 11.3 Å². The first-order chi connectivity index (χ1) is 10.2. The van der Waals surface area contributed by atoms with Crippen LogP contribution in [-0.2, 0) is 10.0 Å². The van der Waals surface area contributed by atoms with Crippen molar-refractivity contribution in [3.63, 3.8) is 0 Å². The zero-order chi connectivity index (χ0) is 16.5. The van der Waals surface area contributed by atoms with E-state index in [1.54, 1.807) is 6.92 Å². The van der Waals surface area contributed by atoms with Crippen LogP contribution in [0.4, 0.5) is 14.5 Å². The van der Waals surface area contributed by atoms with Gasteiger partial charge in [-0.2, -0.15) is 0 Å². The molecule has 0 bridgehead atoms. The minimum absolute atomic E-state index is 0.234. The molecular weight excluding hydrogens is 316 g/mol. The van der Waals surface area contributed by atoms with E-state index in [2.05, 4.69) is 0 Å². The molecule has 2 rings (SSSR count). The highest BCUT2D eigenvalue weighted by atomic mass is 32.2. The van der Waals surface area contributed by atoms with Gasteiger partial charge in [0.1, 0.15) is 16.5 Å². The Hall–Kier alpha value is -2.48. The molecule has 0 heterocycles. The normalized spacial score (nSPS) is 11.2. The van der Waals surface area contributed by atoms with Gasteiger partial charge >= 0.3 is 5.97 Å². The van der Waals surface area contributed by atoms with Gasteiger partial charge in [-0.25, -0.2) is 22.0 Å². The molecule has 0 aliphatic carbocycles. The van der Waals surface area contributed by atoms with E-state index in [0.717, 1.165) is 6.07 Å². The van der Waals surface area contributed by atoms with Crippen molar-refractivity contribution in [2.75, 3.05) is 4.72 Å². The molecule has 2 aromatic carbocycles. The van der Waals surface area contributed by atoms with Gasteiger partial charge < -0.3 is 5.11 Å². The first kappa shape index (κ1) is 15.9. The summed E-state index contributed by atoms with van der Waals surface area (Å²) in [6, 6.07) is 5.98. The van der Waals surface area contributed by atoms with Crippen molar-refractivity contribution in [1.82, 2.24) is 0 Å². The Kier molecular flexibility index (Phi) is 4.14. The van der Waals surface area contributed by atoms with E-state index in [1.165, 1.54) is 18.2 Å². The van der Waals surface area contributed by atoms with Crippen LogP contribution in [0.25, 0.3) is 0 Å². The number of halogens is 2. The monoisotopic (exact) mass is 327 g/mol. The van der Waals surface area contributed by atoms with Crippen molar-refractivity contribution in [2.24, 2.45) is 0 Å². The quantitative estimate of drug-likeness (QED) is 0.904. The van der Waals surface area contributed by atoms with E-state index in [4.69, 9.17) is 5.11 Å². The van der Waals surface area contributed by atoms with Crippen molar-refractivity contribution in [2.45, 2.75) is 11.8 Å². The lowest BCUT2D eigenvalue weighted by atomic mass is 10.1. The van der Waals surface area contributed by atoms with Gasteiger partial charge in [0.05, 0.1) is 11.3 Å². The van der Waals surface area contributed by atoms with Gasteiger partial charge in [-0.3, -0.25) is 4.72 Å². The highest BCUT2D eigenvalue weighted by Gasteiger charge is 2.22. The molecule has 2 aromatic rings. The van der Waals surface area contributed by atoms with E-state index >= 15 is 0 Å². The summed E-state index contributed by atoms with van der Waals surface area (Å²) < 4.78 is 52.9. The van der Waals surface area contributed by atoms with E-state index in [0.29, 0.717) is 17.7 Å². The third kappa shape index (κ3) is 3.22. The molecule has 0 unspecified atom stereocenters. The van der Waals surface area contributed by atoms with Crippen molar-refractivity contribution in [3.8, 4) is 0 Å². The number of carbonyl (C=O) groups is 1. The van der Waals surface area contributed by atoms with E-state index < -0.39 is 32.5 Å². The number of aromatic carboxylic acids is 1. The fourth-order valence-corrected chi connectivity index (χ4v) is 2.98. The maximum absolute atomic E-state index is 13.6. The zero-order valence-electron chi connectivity index (χ0n) is 11.3. The summed E-state index contributed by atoms with van der Waals surface area (Å²) in [4.78, 5) is 10.2. The van der Waals surface area contributed by atoms with Crippen molar-refractivity contribution >= 4 is 21.7 Å². The fourth-order valence-electron chi connectivity index (χ4n) is 1.81. The Labute approximate surface area is 125 Å². The van der Waals surface area contributed by atoms with Crippen LogP contribution in [0.2, 0.25) is 0 Å². The van der Waals surface area contributed by atoms with Gasteiger partial charge in [0.15, 0.2) is 0 Å². The largest absolute Gasteiger partial charge is 0.478 e. The lowest BCUT2D eigenvalue weighted by molar-refractivity contribution is 0.0698. The van der Waals surface area contributed by atoms with E-state index in [1.807, 2.05) is 4.72 Å². The first-order valence-electron chi connectivity index (χ1n) is 6.02. The molecule has 0 amide bonds. The summed E-state index contributed by atoms with van der Waals surface area (Å²) in [6.07, 6.45) is 0. The number of nitrogens with one attached hydrogen (secondary N) is 1. The summed E-state index contributed by atoms with van der Waals surface area (Å²) in [5.41, 5.74) is 0.0828. The Morgan fingerprint density at radius 3 is 2.45 bits per heavy atom. The minimum Gasteiger partial charge on any atom is -0.478 e. The third-order valence-corrected chi connectivity index (χ3v) is 4.21. The number of anilines is 1. The van der Waals surface area contributed by atoms with Gasteiger partial charge in [-0.15, -0.1) is 0 Å². The third-order valence-electron chi connectivity index (χ3n) is 2.83. The molecule has 0 spiro atoms. The maximum atomic E-state index is 13.6. The van der Waals surface area contributed by atoms with Crippen LogP contribution in [0.1, 0.15) is 15.9 Å². The molecule has 0 fully saturated rings. The van der Waals surface area contributed by atoms with Crippen molar-refractivity contribution in [1.29, 1.82) is 0 Å². The summed E-state index contributed by atoms with van der Waals surface area (Å²) in [5.74, 6) is -3.41. The van der Waals surface area contributed by atoms with Crippen LogP contribution in [0.5, 0.6) is 0 Å². The molecule has 116 valence electrons. The molecule has 0 atom stereocenters. The molecule has 2 N–H and O–H groups in total. The summed E-state index contributed by atoms with van der Waals surface area (Å²) in [5, 5.41) is 9.09. The average Bonchev–Trinajstić information content (AvgIpc) is 2.43. The Morgan fingerprint density at radius 1 is 1.14 bits per heavy atom. The summed E-state index contributed by atoms with van der Waals surface area (Å²) in [6.45, 7) is 1.64. The number of rotatable bonds is 4. The van der Waals surface area contributed by atoms with E-state index in [9.17, 15) is 22.0 Å². The van der Waals surface area contributed by atoms with Crippen LogP contribution in [-0.4, -0.2) is 19.5 Å². The Morgan fingerprint density at radius 2 is 1.82 bits per heavy atom. The molecule has 0 aromatic heterocycles. The van der Waals surface area contributed by atoms with Gasteiger partial charge in [0.25, 0.3) is 10.0 Å². The second-order valence-corrected chi connectivity index (χ2v) is 6.19. The average molecular weight is 327 g/mol.